The number of hydrogen-bond acceptors (Lipinski definition) is 3. The fourth-order valence-electron chi connectivity index (χ4n) is 2.75. The van der Waals surface area contributed by atoms with Gasteiger partial charge in [0.2, 0.25) is 0 Å². The molecule has 2 heterocycles. The molecule has 3 rings (SSSR count). The van der Waals surface area contributed by atoms with E-state index in [2.05, 4.69) is 20.1 Å². The molecule has 1 aromatic rings. The Bertz CT molecular complexity index is 334. The van der Waals surface area contributed by atoms with E-state index in [-0.39, 0.29) is 5.54 Å². The number of rotatable bonds is 2. The Morgan fingerprint density at radius 2 is 2.43 bits per heavy atom. The van der Waals surface area contributed by atoms with E-state index in [9.17, 15) is 0 Å². The average Bonchev–Trinajstić information content (AvgIpc) is 2.77. The zero-order valence-electron chi connectivity index (χ0n) is 8.53. The highest BCUT2D eigenvalue weighted by Crippen LogP contribution is 2.49. The molecule has 2 fully saturated rings. The molecule has 1 unspecified atom stereocenters. The summed E-state index contributed by atoms with van der Waals surface area (Å²) in [7, 11) is 2.04. The zero-order valence-corrected chi connectivity index (χ0v) is 8.53. The van der Waals surface area contributed by atoms with Gasteiger partial charge in [-0.3, -0.25) is 0 Å². The van der Waals surface area contributed by atoms with Crippen LogP contribution in [-0.2, 0) is 12.6 Å². The number of aromatic nitrogens is 3. The van der Waals surface area contributed by atoms with Gasteiger partial charge in [0.05, 0.1) is 5.54 Å². The highest BCUT2D eigenvalue weighted by molar-refractivity contribution is 5.15. The second kappa shape index (κ2) is 2.79. The molecule has 1 aliphatic carbocycles. The van der Waals surface area contributed by atoms with Crippen LogP contribution in [0.25, 0.3) is 0 Å². The van der Waals surface area contributed by atoms with E-state index < -0.39 is 0 Å². The monoisotopic (exact) mass is 192 g/mol. The van der Waals surface area contributed by atoms with Gasteiger partial charge in [0.15, 0.2) is 5.82 Å². The van der Waals surface area contributed by atoms with Crippen molar-refractivity contribution >= 4 is 0 Å². The first-order chi connectivity index (χ1) is 6.83. The minimum atomic E-state index is 0.158. The van der Waals surface area contributed by atoms with Gasteiger partial charge in [-0.2, -0.15) is 0 Å². The lowest BCUT2D eigenvalue weighted by Gasteiger charge is -2.28. The van der Waals surface area contributed by atoms with Crippen LogP contribution in [0, 0.1) is 5.92 Å². The predicted molar refractivity (Wildman–Crippen MR) is 52.6 cm³/mol. The highest BCUT2D eigenvalue weighted by Gasteiger charge is 2.50. The van der Waals surface area contributed by atoms with Crippen molar-refractivity contribution < 1.29 is 0 Å². The summed E-state index contributed by atoms with van der Waals surface area (Å²) in [5.41, 5.74) is 0.158. The normalized spacial score (nSPS) is 32.4. The van der Waals surface area contributed by atoms with Crippen LogP contribution in [0.5, 0.6) is 0 Å². The van der Waals surface area contributed by atoms with E-state index in [1.807, 2.05) is 7.05 Å². The van der Waals surface area contributed by atoms with Crippen LogP contribution in [-0.4, -0.2) is 21.3 Å². The van der Waals surface area contributed by atoms with Crippen molar-refractivity contribution in [3.8, 4) is 0 Å². The van der Waals surface area contributed by atoms with Gasteiger partial charge in [-0.25, -0.2) is 0 Å². The summed E-state index contributed by atoms with van der Waals surface area (Å²) in [6, 6.07) is 0. The van der Waals surface area contributed by atoms with Crippen molar-refractivity contribution in [2.24, 2.45) is 13.0 Å². The second-order valence-corrected chi connectivity index (χ2v) is 4.54. The lowest BCUT2D eigenvalue weighted by atomic mass is 9.90. The fraction of sp³-hybridized carbons (Fsp3) is 0.800. The Hall–Kier alpha value is -0.900. The Morgan fingerprint density at radius 3 is 2.93 bits per heavy atom. The third-order valence-electron chi connectivity index (χ3n) is 3.57. The highest BCUT2D eigenvalue weighted by atomic mass is 15.3. The van der Waals surface area contributed by atoms with E-state index in [1.165, 1.54) is 25.7 Å². The minimum Gasteiger partial charge on any atom is -0.319 e. The number of hydrogen-bond donors (Lipinski definition) is 1. The first-order valence-electron chi connectivity index (χ1n) is 5.42. The van der Waals surface area contributed by atoms with E-state index in [0.717, 1.165) is 18.3 Å². The van der Waals surface area contributed by atoms with Crippen molar-refractivity contribution in [2.45, 2.75) is 31.2 Å². The molecule has 2 aliphatic rings. The van der Waals surface area contributed by atoms with E-state index in [4.69, 9.17) is 0 Å². The summed E-state index contributed by atoms with van der Waals surface area (Å²) in [5.74, 6) is 1.94. The predicted octanol–water partition coefficient (Wildman–Crippen LogP) is 0.804. The minimum absolute atomic E-state index is 0.158. The van der Waals surface area contributed by atoms with Crippen LogP contribution in [0.1, 0.15) is 31.5 Å². The number of aryl methyl sites for hydroxylation is 1. The molecule has 1 saturated carbocycles. The van der Waals surface area contributed by atoms with Crippen LogP contribution < -0.4 is 5.32 Å². The quantitative estimate of drug-likeness (QED) is 0.754. The summed E-state index contributed by atoms with van der Waals surface area (Å²) in [5, 5.41) is 11.9. The molecule has 1 saturated heterocycles. The van der Waals surface area contributed by atoms with Crippen molar-refractivity contribution in [3.05, 3.63) is 12.2 Å². The van der Waals surface area contributed by atoms with Crippen molar-refractivity contribution in [2.75, 3.05) is 6.54 Å². The molecule has 1 atom stereocenters. The lowest BCUT2D eigenvalue weighted by Crippen LogP contribution is -2.41. The average molecular weight is 192 g/mol. The third kappa shape index (κ3) is 1.03. The SMILES string of the molecule is Cn1cnnc1C1(C2CC2)CCCN1. The van der Waals surface area contributed by atoms with Gasteiger partial charge >= 0.3 is 0 Å². The molecule has 1 aromatic heterocycles. The van der Waals surface area contributed by atoms with Gasteiger partial charge in [-0.05, 0) is 38.1 Å². The Morgan fingerprint density at radius 1 is 1.57 bits per heavy atom. The maximum atomic E-state index is 4.28. The van der Waals surface area contributed by atoms with Gasteiger partial charge in [-0.15, -0.1) is 10.2 Å². The first kappa shape index (κ1) is 8.41. The van der Waals surface area contributed by atoms with Gasteiger partial charge < -0.3 is 9.88 Å². The summed E-state index contributed by atoms with van der Waals surface area (Å²) in [6.07, 6.45) is 6.99. The maximum absolute atomic E-state index is 4.28. The molecule has 0 aromatic carbocycles. The molecule has 76 valence electrons. The fourth-order valence-corrected chi connectivity index (χ4v) is 2.75. The largest absolute Gasteiger partial charge is 0.319 e. The molecule has 4 heteroatoms. The topological polar surface area (TPSA) is 42.7 Å². The molecular weight excluding hydrogens is 176 g/mol. The van der Waals surface area contributed by atoms with Gasteiger partial charge in [-0.1, -0.05) is 0 Å². The Balaban J connectivity index is 2.03. The van der Waals surface area contributed by atoms with Crippen LogP contribution in [0.4, 0.5) is 0 Å². The second-order valence-electron chi connectivity index (χ2n) is 4.54. The molecule has 0 radical (unpaired) electrons. The molecule has 0 bridgehead atoms. The van der Waals surface area contributed by atoms with Crippen LogP contribution in [0.2, 0.25) is 0 Å². The molecule has 14 heavy (non-hydrogen) atoms. The van der Waals surface area contributed by atoms with Gasteiger partial charge in [0.1, 0.15) is 6.33 Å². The molecule has 1 N–H and O–H groups in total. The number of nitrogens with zero attached hydrogens (tertiary/aromatic N) is 3. The third-order valence-corrected chi connectivity index (χ3v) is 3.57. The van der Waals surface area contributed by atoms with Crippen LogP contribution in [0.3, 0.4) is 0 Å². The summed E-state index contributed by atoms with van der Waals surface area (Å²) in [6.45, 7) is 1.13. The zero-order chi connectivity index (χ0) is 9.60. The lowest BCUT2D eigenvalue weighted by molar-refractivity contribution is 0.306. The van der Waals surface area contributed by atoms with Gasteiger partial charge in [0, 0.05) is 7.05 Å². The Kier molecular flexibility index (Phi) is 1.68. The summed E-state index contributed by atoms with van der Waals surface area (Å²) >= 11 is 0. The van der Waals surface area contributed by atoms with E-state index in [1.54, 1.807) is 6.33 Å². The summed E-state index contributed by atoms with van der Waals surface area (Å²) in [4.78, 5) is 0. The van der Waals surface area contributed by atoms with Gasteiger partial charge in [0.25, 0.3) is 0 Å². The molecular formula is C10H16N4. The molecule has 0 spiro atoms. The van der Waals surface area contributed by atoms with Crippen molar-refractivity contribution in [1.29, 1.82) is 0 Å². The van der Waals surface area contributed by atoms with Crippen molar-refractivity contribution in [3.63, 3.8) is 0 Å². The van der Waals surface area contributed by atoms with E-state index >= 15 is 0 Å². The summed E-state index contributed by atoms with van der Waals surface area (Å²) < 4.78 is 2.07. The first-order valence-corrected chi connectivity index (χ1v) is 5.42. The van der Waals surface area contributed by atoms with Crippen LogP contribution in [0.15, 0.2) is 6.33 Å². The molecule has 0 amide bonds. The number of nitrogens with one attached hydrogen (secondary N) is 1. The molecule has 4 nitrogen and oxygen atoms in total. The van der Waals surface area contributed by atoms with Crippen LogP contribution >= 0.6 is 0 Å². The molecule has 1 aliphatic heterocycles. The van der Waals surface area contributed by atoms with Crippen molar-refractivity contribution in [1.82, 2.24) is 20.1 Å². The van der Waals surface area contributed by atoms with E-state index in [0.29, 0.717) is 0 Å². The smallest absolute Gasteiger partial charge is 0.153 e. The Labute approximate surface area is 83.7 Å². The standard InChI is InChI=1S/C10H16N4/c1-14-7-12-13-9(14)10(8-3-4-8)5-2-6-11-10/h7-8,11H,2-6H2,1H3. The maximum Gasteiger partial charge on any atom is 0.153 e.